The summed E-state index contributed by atoms with van der Waals surface area (Å²) in [6.07, 6.45) is 7.41. The van der Waals surface area contributed by atoms with E-state index < -0.39 is 11.9 Å². The van der Waals surface area contributed by atoms with Crippen molar-refractivity contribution >= 4 is 17.3 Å². The van der Waals surface area contributed by atoms with Gasteiger partial charge in [-0.3, -0.25) is 9.78 Å². The predicted octanol–water partition coefficient (Wildman–Crippen LogP) is 3.87. The number of aromatic nitrogens is 4. The summed E-state index contributed by atoms with van der Waals surface area (Å²) in [4.78, 5) is 22.8. The normalized spacial score (nSPS) is 13.6. The van der Waals surface area contributed by atoms with Crippen molar-refractivity contribution in [1.29, 1.82) is 0 Å². The molecule has 0 unspecified atom stereocenters. The fraction of sp³-hybridized carbons (Fsp3) is 0.200. The Morgan fingerprint density at radius 1 is 1.06 bits per heavy atom. The van der Waals surface area contributed by atoms with Crippen LogP contribution in [0.25, 0.3) is 16.8 Å². The van der Waals surface area contributed by atoms with Gasteiger partial charge in [0.05, 0.1) is 37.0 Å². The van der Waals surface area contributed by atoms with Gasteiger partial charge in [-0.05, 0) is 42.8 Å². The third-order valence-electron chi connectivity index (χ3n) is 5.68. The summed E-state index contributed by atoms with van der Waals surface area (Å²) in [6, 6.07) is 11.7. The predicted molar refractivity (Wildman–Crippen MR) is 127 cm³/mol. The second-order valence-corrected chi connectivity index (χ2v) is 8.01. The fourth-order valence-electron chi connectivity index (χ4n) is 3.85. The van der Waals surface area contributed by atoms with Crippen molar-refractivity contribution in [2.24, 2.45) is 0 Å². The molecule has 3 aromatic heterocycles. The van der Waals surface area contributed by atoms with Gasteiger partial charge in [-0.15, -0.1) is 0 Å². The van der Waals surface area contributed by atoms with E-state index in [1.807, 2.05) is 37.6 Å². The van der Waals surface area contributed by atoms with Crippen LogP contribution in [0.15, 0.2) is 67.3 Å². The molecule has 0 spiro atoms. The quantitative estimate of drug-likeness (QED) is 0.457. The zero-order chi connectivity index (χ0) is 23.5. The molecule has 0 atom stereocenters. The maximum Gasteiger partial charge on any atom is 0.274 e. The van der Waals surface area contributed by atoms with E-state index in [9.17, 15) is 9.18 Å². The fourth-order valence-corrected chi connectivity index (χ4v) is 3.85. The minimum absolute atomic E-state index is 0.0103. The summed E-state index contributed by atoms with van der Waals surface area (Å²) >= 11 is 0. The molecule has 1 aromatic carbocycles. The van der Waals surface area contributed by atoms with E-state index in [4.69, 9.17) is 4.74 Å². The summed E-state index contributed by atoms with van der Waals surface area (Å²) in [7, 11) is 0. The van der Waals surface area contributed by atoms with Gasteiger partial charge >= 0.3 is 0 Å². The van der Waals surface area contributed by atoms with Crippen molar-refractivity contribution in [2.45, 2.75) is 6.92 Å². The molecule has 0 saturated carbocycles. The average Bonchev–Trinajstić information content (AvgIpc) is 3.36. The molecule has 1 fully saturated rings. The summed E-state index contributed by atoms with van der Waals surface area (Å²) in [6.45, 7) is 5.07. The highest BCUT2D eigenvalue weighted by Gasteiger charge is 2.14. The smallest absolute Gasteiger partial charge is 0.274 e. The molecule has 0 aliphatic carbocycles. The third kappa shape index (κ3) is 4.65. The van der Waals surface area contributed by atoms with Crippen molar-refractivity contribution in [3.63, 3.8) is 0 Å². The van der Waals surface area contributed by atoms with Crippen molar-refractivity contribution in [3.05, 3.63) is 84.5 Å². The van der Waals surface area contributed by atoms with E-state index >= 15 is 0 Å². The Morgan fingerprint density at radius 2 is 1.91 bits per heavy atom. The minimum Gasteiger partial charge on any atom is -0.378 e. The molecule has 9 heteroatoms. The van der Waals surface area contributed by atoms with Gasteiger partial charge < -0.3 is 15.0 Å². The molecule has 0 bridgehead atoms. The Labute approximate surface area is 196 Å². The molecule has 34 heavy (non-hydrogen) atoms. The molecule has 0 radical (unpaired) electrons. The zero-order valence-corrected chi connectivity index (χ0v) is 18.6. The van der Waals surface area contributed by atoms with Gasteiger partial charge in [0, 0.05) is 42.3 Å². The monoisotopic (exact) mass is 458 g/mol. The minimum atomic E-state index is -0.700. The van der Waals surface area contributed by atoms with Gasteiger partial charge in [0.1, 0.15) is 5.69 Å². The van der Waals surface area contributed by atoms with Gasteiger partial charge in [-0.25, -0.2) is 9.67 Å². The highest BCUT2D eigenvalue weighted by molar-refractivity contribution is 6.03. The Kier molecular flexibility index (Phi) is 6.01. The van der Waals surface area contributed by atoms with Crippen LogP contribution in [0.4, 0.5) is 15.8 Å². The molecule has 8 nitrogen and oxygen atoms in total. The second kappa shape index (κ2) is 9.40. The lowest BCUT2D eigenvalue weighted by molar-refractivity contribution is 0.102. The lowest BCUT2D eigenvalue weighted by Crippen LogP contribution is -2.36. The number of hydrogen-bond donors (Lipinski definition) is 1. The number of benzene rings is 1. The number of morpholine rings is 1. The average molecular weight is 458 g/mol. The van der Waals surface area contributed by atoms with Crippen LogP contribution in [-0.2, 0) is 4.74 Å². The van der Waals surface area contributed by atoms with Crippen molar-refractivity contribution < 1.29 is 13.9 Å². The van der Waals surface area contributed by atoms with Crippen LogP contribution in [-0.4, -0.2) is 52.0 Å². The van der Waals surface area contributed by atoms with Crippen LogP contribution in [0.5, 0.6) is 0 Å². The van der Waals surface area contributed by atoms with E-state index in [0.717, 1.165) is 41.2 Å². The molecule has 1 amide bonds. The maximum atomic E-state index is 13.4. The number of aryl methyl sites for hydroxylation is 1. The molecule has 1 N–H and O–H groups in total. The Balaban J connectivity index is 1.38. The van der Waals surface area contributed by atoms with E-state index in [-0.39, 0.29) is 5.69 Å². The first kappa shape index (κ1) is 21.7. The molecule has 1 saturated heterocycles. The molecule has 172 valence electrons. The highest BCUT2D eigenvalue weighted by Crippen LogP contribution is 2.26. The SMILES string of the molecule is Cc1ccc(NC(=O)c2cccc(F)n2)cc1-n1cc(-c2cncc(N3CCOCC3)c2)cn1. The van der Waals surface area contributed by atoms with Crippen molar-refractivity contribution in [2.75, 3.05) is 36.5 Å². The number of ether oxygens (including phenoxy) is 1. The number of anilines is 2. The third-order valence-corrected chi connectivity index (χ3v) is 5.68. The Bertz CT molecular complexity index is 1330. The lowest BCUT2D eigenvalue weighted by Gasteiger charge is -2.28. The van der Waals surface area contributed by atoms with Gasteiger partial charge in [-0.2, -0.15) is 9.49 Å². The van der Waals surface area contributed by atoms with Crippen LogP contribution in [0.3, 0.4) is 0 Å². The number of halogens is 1. The molecule has 1 aliphatic heterocycles. The van der Waals surface area contributed by atoms with Crippen LogP contribution in [0.1, 0.15) is 16.1 Å². The number of nitrogens with zero attached hydrogens (tertiary/aromatic N) is 5. The van der Waals surface area contributed by atoms with Gasteiger partial charge in [0.15, 0.2) is 0 Å². The van der Waals surface area contributed by atoms with E-state index in [0.29, 0.717) is 18.9 Å². The highest BCUT2D eigenvalue weighted by atomic mass is 19.1. The van der Waals surface area contributed by atoms with E-state index in [1.54, 1.807) is 16.9 Å². The van der Waals surface area contributed by atoms with Gasteiger partial charge in [-0.1, -0.05) is 12.1 Å². The maximum absolute atomic E-state index is 13.4. The molecule has 5 rings (SSSR count). The molecular formula is C25H23FN6O2. The first-order valence-corrected chi connectivity index (χ1v) is 10.9. The van der Waals surface area contributed by atoms with Gasteiger partial charge in [0.2, 0.25) is 5.95 Å². The van der Waals surface area contributed by atoms with Crippen molar-refractivity contribution in [1.82, 2.24) is 19.7 Å². The van der Waals surface area contributed by atoms with Crippen molar-refractivity contribution in [3.8, 4) is 16.8 Å². The second-order valence-electron chi connectivity index (χ2n) is 8.01. The summed E-state index contributed by atoms with van der Waals surface area (Å²) in [5.41, 5.74) is 5.32. The van der Waals surface area contributed by atoms with Crippen LogP contribution in [0, 0.1) is 12.9 Å². The van der Waals surface area contributed by atoms with Crippen LogP contribution >= 0.6 is 0 Å². The number of nitrogens with one attached hydrogen (secondary N) is 1. The largest absolute Gasteiger partial charge is 0.378 e. The summed E-state index contributed by atoms with van der Waals surface area (Å²) in [5, 5.41) is 7.31. The zero-order valence-electron chi connectivity index (χ0n) is 18.6. The lowest BCUT2D eigenvalue weighted by atomic mass is 10.1. The molecular weight excluding hydrogens is 435 g/mol. The van der Waals surface area contributed by atoms with E-state index in [1.165, 1.54) is 18.2 Å². The number of carbonyl (C=O) groups is 1. The van der Waals surface area contributed by atoms with Gasteiger partial charge in [0.25, 0.3) is 5.91 Å². The molecule has 4 heterocycles. The number of carbonyl (C=O) groups excluding carboxylic acids is 1. The number of pyridine rings is 2. The number of hydrogen-bond acceptors (Lipinski definition) is 6. The molecule has 4 aromatic rings. The Morgan fingerprint density at radius 3 is 2.74 bits per heavy atom. The van der Waals surface area contributed by atoms with E-state index in [2.05, 4.69) is 31.3 Å². The summed E-state index contributed by atoms with van der Waals surface area (Å²) in [5.74, 6) is -1.19. The van der Waals surface area contributed by atoms with Crippen LogP contribution < -0.4 is 10.2 Å². The molecule has 1 aliphatic rings. The Hall–Kier alpha value is -4.11. The topological polar surface area (TPSA) is 85.2 Å². The van der Waals surface area contributed by atoms with Crippen LogP contribution in [0.2, 0.25) is 0 Å². The first-order valence-electron chi connectivity index (χ1n) is 10.9. The standard InChI is InChI=1S/C25H23FN6O2/c1-17-5-6-20(29-25(33)22-3-2-4-24(26)30-22)12-23(17)32-16-19(14-28-32)18-11-21(15-27-13-18)31-7-9-34-10-8-31/h2-6,11-16H,7-10H2,1H3,(H,29,33). The summed E-state index contributed by atoms with van der Waals surface area (Å²) < 4.78 is 20.6. The number of amides is 1. The number of rotatable bonds is 5. The first-order chi connectivity index (χ1) is 16.6.